The first-order chi connectivity index (χ1) is 11.9. The lowest BCUT2D eigenvalue weighted by Crippen LogP contribution is -2.46. The van der Waals surface area contributed by atoms with Crippen LogP contribution < -0.4 is 9.64 Å². The molecule has 1 atom stereocenters. The molecule has 7 nitrogen and oxygen atoms in total. The van der Waals surface area contributed by atoms with Gasteiger partial charge in [0.15, 0.2) is 6.10 Å². The molecule has 25 heavy (non-hydrogen) atoms. The molecule has 0 aromatic heterocycles. The first-order valence-corrected chi connectivity index (χ1v) is 8.50. The molecule has 136 valence electrons. The number of rotatable bonds is 8. The van der Waals surface area contributed by atoms with E-state index >= 15 is 0 Å². The van der Waals surface area contributed by atoms with Crippen molar-refractivity contribution in [2.75, 3.05) is 24.5 Å². The molecular weight excluding hydrogens is 324 g/mol. The van der Waals surface area contributed by atoms with Crippen molar-refractivity contribution in [2.45, 2.75) is 39.2 Å². The summed E-state index contributed by atoms with van der Waals surface area (Å²) in [6, 6.07) is 7.23. The number of hydrogen-bond acceptors (Lipinski definition) is 4. The van der Waals surface area contributed by atoms with Gasteiger partial charge in [0.05, 0.1) is 12.1 Å². The molecule has 0 radical (unpaired) electrons. The van der Waals surface area contributed by atoms with Gasteiger partial charge in [0, 0.05) is 26.1 Å². The molecule has 1 unspecified atom stereocenters. The Bertz CT molecular complexity index is 646. The van der Waals surface area contributed by atoms with Crippen molar-refractivity contribution < 1.29 is 24.2 Å². The van der Waals surface area contributed by atoms with E-state index in [0.717, 1.165) is 6.42 Å². The Hall–Kier alpha value is -2.57. The summed E-state index contributed by atoms with van der Waals surface area (Å²) in [6.45, 7) is 4.56. The predicted octanol–water partition coefficient (Wildman–Crippen LogP) is 1.90. The summed E-state index contributed by atoms with van der Waals surface area (Å²) in [4.78, 5) is 38.7. The number of ether oxygens (including phenoxy) is 1. The van der Waals surface area contributed by atoms with Crippen LogP contribution in [-0.4, -0.2) is 53.5 Å². The first kappa shape index (κ1) is 18.8. The summed E-state index contributed by atoms with van der Waals surface area (Å²) in [5, 5.41) is 8.81. The van der Waals surface area contributed by atoms with E-state index in [1.807, 2.05) is 19.1 Å². The predicted molar refractivity (Wildman–Crippen MR) is 92.6 cm³/mol. The van der Waals surface area contributed by atoms with Crippen molar-refractivity contribution in [1.82, 2.24) is 4.90 Å². The maximum absolute atomic E-state index is 12.5. The summed E-state index contributed by atoms with van der Waals surface area (Å²) in [5.41, 5.74) is 0.658. The number of para-hydroxylation sites is 2. The molecule has 1 N–H and O–H groups in total. The molecule has 1 aliphatic heterocycles. The standard InChI is InChI=1S/C18H24N2O5/c1-3-10-19(11-9-17(22)23)16(21)8-12-20-14-6-4-5-7-15(14)25-13(2)18(20)24/h4-7,13H,3,8-12H2,1-2H3,(H,22,23). The van der Waals surface area contributed by atoms with Crippen molar-refractivity contribution in [2.24, 2.45) is 0 Å². The lowest BCUT2D eigenvalue weighted by Gasteiger charge is -2.33. The topological polar surface area (TPSA) is 87.2 Å². The lowest BCUT2D eigenvalue weighted by atomic mass is 10.1. The van der Waals surface area contributed by atoms with Crippen LogP contribution in [0.25, 0.3) is 0 Å². The third-order valence-electron chi connectivity index (χ3n) is 4.06. The Morgan fingerprint density at radius 1 is 1.24 bits per heavy atom. The highest BCUT2D eigenvalue weighted by molar-refractivity contribution is 6.00. The van der Waals surface area contributed by atoms with E-state index < -0.39 is 12.1 Å². The van der Waals surface area contributed by atoms with Gasteiger partial charge in [0.1, 0.15) is 5.75 Å². The molecule has 2 amide bonds. The molecule has 7 heteroatoms. The van der Waals surface area contributed by atoms with E-state index in [2.05, 4.69) is 0 Å². The highest BCUT2D eigenvalue weighted by Crippen LogP contribution is 2.33. The van der Waals surface area contributed by atoms with Crippen LogP contribution in [0, 0.1) is 0 Å². The molecule has 0 aliphatic carbocycles. The molecule has 2 rings (SSSR count). The van der Waals surface area contributed by atoms with E-state index in [4.69, 9.17) is 9.84 Å². The fourth-order valence-electron chi connectivity index (χ4n) is 2.82. The number of hydrogen-bond donors (Lipinski definition) is 1. The molecule has 0 saturated heterocycles. The second-order valence-corrected chi connectivity index (χ2v) is 5.99. The van der Waals surface area contributed by atoms with Gasteiger partial charge >= 0.3 is 5.97 Å². The average Bonchev–Trinajstić information content (AvgIpc) is 2.58. The normalized spacial score (nSPS) is 16.2. The highest BCUT2D eigenvalue weighted by atomic mass is 16.5. The minimum atomic E-state index is -0.931. The summed E-state index contributed by atoms with van der Waals surface area (Å²) < 4.78 is 5.58. The van der Waals surface area contributed by atoms with Crippen LogP contribution in [0.5, 0.6) is 5.75 Å². The summed E-state index contributed by atoms with van der Waals surface area (Å²) >= 11 is 0. The number of aliphatic carboxylic acids is 1. The van der Waals surface area contributed by atoms with Gasteiger partial charge in [-0.05, 0) is 25.5 Å². The fourth-order valence-corrected chi connectivity index (χ4v) is 2.82. The minimum Gasteiger partial charge on any atom is -0.481 e. The lowest BCUT2D eigenvalue weighted by molar-refractivity contribution is -0.138. The Morgan fingerprint density at radius 3 is 2.64 bits per heavy atom. The quantitative estimate of drug-likeness (QED) is 0.775. The molecular formula is C18H24N2O5. The maximum atomic E-state index is 12.5. The average molecular weight is 348 g/mol. The van der Waals surface area contributed by atoms with Gasteiger partial charge < -0.3 is 19.6 Å². The first-order valence-electron chi connectivity index (χ1n) is 8.50. The summed E-state index contributed by atoms with van der Waals surface area (Å²) in [6.07, 6.45) is 0.222. The molecule has 1 heterocycles. The number of amides is 2. The van der Waals surface area contributed by atoms with Gasteiger partial charge in [0.25, 0.3) is 5.91 Å². The number of carboxylic acid groups (broad SMARTS) is 1. The second-order valence-electron chi connectivity index (χ2n) is 5.99. The van der Waals surface area contributed by atoms with Crippen molar-refractivity contribution in [1.29, 1.82) is 0 Å². The highest BCUT2D eigenvalue weighted by Gasteiger charge is 2.31. The van der Waals surface area contributed by atoms with Crippen molar-refractivity contribution >= 4 is 23.5 Å². The van der Waals surface area contributed by atoms with Crippen molar-refractivity contribution in [3.8, 4) is 5.75 Å². The smallest absolute Gasteiger partial charge is 0.305 e. The molecule has 1 aromatic carbocycles. The van der Waals surface area contributed by atoms with Crippen LogP contribution in [0.2, 0.25) is 0 Å². The van der Waals surface area contributed by atoms with Crippen molar-refractivity contribution in [3.05, 3.63) is 24.3 Å². The number of benzene rings is 1. The van der Waals surface area contributed by atoms with Crippen LogP contribution >= 0.6 is 0 Å². The Balaban J connectivity index is 2.04. The number of carbonyl (C=O) groups excluding carboxylic acids is 2. The number of carboxylic acids is 1. The Labute approximate surface area is 147 Å². The number of anilines is 1. The maximum Gasteiger partial charge on any atom is 0.305 e. The zero-order valence-corrected chi connectivity index (χ0v) is 14.6. The Morgan fingerprint density at radius 2 is 1.96 bits per heavy atom. The zero-order chi connectivity index (χ0) is 18.4. The number of carbonyl (C=O) groups is 3. The molecule has 0 spiro atoms. The largest absolute Gasteiger partial charge is 0.481 e. The molecule has 0 saturated carbocycles. The van der Waals surface area contributed by atoms with Crippen LogP contribution in [0.15, 0.2) is 24.3 Å². The third-order valence-corrected chi connectivity index (χ3v) is 4.06. The summed E-state index contributed by atoms with van der Waals surface area (Å²) in [7, 11) is 0. The third kappa shape index (κ3) is 4.71. The van der Waals surface area contributed by atoms with Gasteiger partial charge in [-0.15, -0.1) is 0 Å². The van der Waals surface area contributed by atoms with Crippen molar-refractivity contribution in [3.63, 3.8) is 0 Å². The number of nitrogens with zero attached hydrogens (tertiary/aromatic N) is 2. The van der Waals surface area contributed by atoms with E-state index in [1.165, 1.54) is 0 Å². The van der Waals surface area contributed by atoms with Crippen LogP contribution in [0.4, 0.5) is 5.69 Å². The van der Waals surface area contributed by atoms with E-state index in [0.29, 0.717) is 18.0 Å². The minimum absolute atomic E-state index is 0.0813. The SMILES string of the molecule is CCCN(CCC(=O)O)C(=O)CCN1C(=O)C(C)Oc2ccccc21. The fraction of sp³-hybridized carbons (Fsp3) is 0.500. The van der Waals surface area contributed by atoms with Crippen LogP contribution in [0.3, 0.4) is 0 Å². The van der Waals surface area contributed by atoms with Gasteiger partial charge in [-0.3, -0.25) is 14.4 Å². The number of fused-ring (bicyclic) bond motifs is 1. The van der Waals surface area contributed by atoms with E-state index in [-0.39, 0.29) is 37.7 Å². The monoisotopic (exact) mass is 348 g/mol. The van der Waals surface area contributed by atoms with Gasteiger partial charge in [-0.1, -0.05) is 19.1 Å². The molecule has 1 aliphatic rings. The van der Waals surface area contributed by atoms with E-state index in [9.17, 15) is 14.4 Å². The van der Waals surface area contributed by atoms with Gasteiger partial charge in [0.2, 0.25) is 5.91 Å². The second kappa shape index (κ2) is 8.50. The van der Waals surface area contributed by atoms with Crippen LogP contribution in [0.1, 0.15) is 33.1 Å². The molecule has 0 fully saturated rings. The zero-order valence-electron chi connectivity index (χ0n) is 14.6. The van der Waals surface area contributed by atoms with Gasteiger partial charge in [-0.2, -0.15) is 0 Å². The molecule has 0 bridgehead atoms. The van der Waals surface area contributed by atoms with E-state index in [1.54, 1.807) is 28.9 Å². The molecule has 1 aromatic rings. The Kier molecular flexibility index (Phi) is 6.38. The van der Waals surface area contributed by atoms with Gasteiger partial charge in [-0.25, -0.2) is 0 Å². The summed E-state index contributed by atoms with van der Waals surface area (Å²) in [5.74, 6) is -0.634. The van der Waals surface area contributed by atoms with Crippen LogP contribution in [-0.2, 0) is 14.4 Å².